The lowest BCUT2D eigenvalue weighted by atomic mass is 10.0. The molecule has 1 saturated heterocycles. The van der Waals surface area contributed by atoms with Crippen LogP contribution in [0.5, 0.6) is 0 Å². The molecule has 1 aromatic carbocycles. The van der Waals surface area contributed by atoms with Crippen molar-refractivity contribution < 1.29 is 20.1 Å². The van der Waals surface area contributed by atoms with Crippen molar-refractivity contribution in [1.29, 1.82) is 0 Å². The van der Waals surface area contributed by atoms with Crippen molar-refractivity contribution in [3.8, 4) is 11.3 Å². The highest BCUT2D eigenvalue weighted by Gasteiger charge is 2.46. The highest BCUT2D eigenvalue weighted by Crippen LogP contribution is 2.36. The van der Waals surface area contributed by atoms with Gasteiger partial charge in [-0.05, 0) is 6.42 Å². The van der Waals surface area contributed by atoms with Gasteiger partial charge in [-0.3, -0.25) is 0 Å². The number of anilines is 2. The number of nitrogens with zero attached hydrogens (tertiary/aromatic N) is 3. The van der Waals surface area contributed by atoms with Gasteiger partial charge in [0.1, 0.15) is 24.1 Å². The number of allylic oxidation sites excluding steroid dienone is 1. The van der Waals surface area contributed by atoms with Gasteiger partial charge in [-0.15, -0.1) is 0 Å². The third-order valence-electron chi connectivity index (χ3n) is 4.67. The number of aliphatic hydroxyl groups is 3. The second-order valence-corrected chi connectivity index (χ2v) is 6.32. The average Bonchev–Trinajstić information content (AvgIpc) is 2.96. The van der Waals surface area contributed by atoms with Crippen LogP contribution in [0.1, 0.15) is 5.56 Å². The first-order valence-corrected chi connectivity index (χ1v) is 8.39. The van der Waals surface area contributed by atoms with E-state index in [0.29, 0.717) is 17.9 Å². The van der Waals surface area contributed by atoms with E-state index in [9.17, 15) is 15.3 Å². The van der Waals surface area contributed by atoms with Gasteiger partial charge in [-0.25, -0.2) is 4.98 Å². The Morgan fingerprint density at radius 2 is 1.92 bits per heavy atom. The number of fused-ring (bicyclic) bond motifs is 1. The lowest BCUT2D eigenvalue weighted by Crippen LogP contribution is -2.43. The lowest BCUT2D eigenvalue weighted by molar-refractivity contribution is -0.0204. The summed E-state index contributed by atoms with van der Waals surface area (Å²) in [6.07, 6.45) is 0.130. The fourth-order valence-corrected chi connectivity index (χ4v) is 3.40. The van der Waals surface area contributed by atoms with Gasteiger partial charge in [0.25, 0.3) is 0 Å². The molecule has 8 nitrogen and oxygen atoms in total. The summed E-state index contributed by atoms with van der Waals surface area (Å²) in [6, 6.07) is 9.64. The van der Waals surface area contributed by atoms with Crippen molar-refractivity contribution in [2.75, 3.05) is 17.2 Å². The molecule has 2 aromatic rings. The minimum Gasteiger partial charge on any atom is -0.394 e. The Labute approximate surface area is 150 Å². The van der Waals surface area contributed by atoms with E-state index in [-0.39, 0.29) is 12.6 Å². The molecule has 0 amide bonds. The van der Waals surface area contributed by atoms with Crippen LogP contribution < -0.4 is 10.6 Å². The van der Waals surface area contributed by atoms with Crippen LogP contribution in [0.4, 0.5) is 11.8 Å². The first-order chi connectivity index (χ1) is 12.6. The Kier molecular flexibility index (Phi) is 4.33. The molecule has 2 aliphatic rings. The molecule has 1 unspecified atom stereocenters. The van der Waals surface area contributed by atoms with Gasteiger partial charge in [0.2, 0.25) is 5.95 Å². The van der Waals surface area contributed by atoms with E-state index in [0.717, 1.165) is 11.1 Å². The molecule has 0 spiro atoms. The summed E-state index contributed by atoms with van der Waals surface area (Å²) in [5.74, 6) is 0.628. The molecule has 3 heterocycles. The van der Waals surface area contributed by atoms with E-state index in [1.165, 1.54) is 0 Å². The van der Waals surface area contributed by atoms with Crippen LogP contribution in [0.15, 0.2) is 42.6 Å². The summed E-state index contributed by atoms with van der Waals surface area (Å²) in [5, 5.41) is 29.7. The van der Waals surface area contributed by atoms with Crippen LogP contribution in [0.2, 0.25) is 0 Å². The second kappa shape index (κ2) is 6.65. The number of aromatic nitrogens is 2. The molecule has 1 fully saturated rings. The maximum atomic E-state index is 10.4. The van der Waals surface area contributed by atoms with Crippen LogP contribution in [-0.2, 0) is 11.2 Å². The van der Waals surface area contributed by atoms with Crippen molar-refractivity contribution in [1.82, 2.24) is 9.97 Å². The minimum absolute atomic E-state index is 0.106. The molecule has 8 heteroatoms. The summed E-state index contributed by atoms with van der Waals surface area (Å²) < 4.78 is 5.64. The molecule has 0 saturated carbocycles. The van der Waals surface area contributed by atoms with Crippen molar-refractivity contribution in [2.45, 2.75) is 31.0 Å². The van der Waals surface area contributed by atoms with Gasteiger partial charge in [0.05, 0.1) is 12.3 Å². The number of aliphatic hydroxyl groups excluding tert-OH is 3. The van der Waals surface area contributed by atoms with Gasteiger partial charge in [0, 0.05) is 17.3 Å². The number of hydrogen-bond donors (Lipinski definition) is 4. The monoisotopic (exact) mass is 356 g/mol. The molecule has 0 bridgehead atoms. The summed E-state index contributed by atoms with van der Waals surface area (Å²) in [4.78, 5) is 10.4. The average molecular weight is 356 g/mol. The first-order valence-electron chi connectivity index (χ1n) is 8.39. The van der Waals surface area contributed by atoms with Crippen LogP contribution in [0.3, 0.4) is 0 Å². The van der Waals surface area contributed by atoms with Gasteiger partial charge < -0.3 is 30.7 Å². The van der Waals surface area contributed by atoms with Crippen LogP contribution in [0.25, 0.3) is 11.3 Å². The number of rotatable bonds is 3. The van der Waals surface area contributed by atoms with Gasteiger partial charge in [-0.2, -0.15) is 4.98 Å². The predicted molar refractivity (Wildman–Crippen MR) is 95.0 cm³/mol. The molecular formula is C18H20N4O4. The molecule has 136 valence electrons. The van der Waals surface area contributed by atoms with E-state index in [2.05, 4.69) is 9.97 Å². The van der Waals surface area contributed by atoms with E-state index in [1.807, 2.05) is 36.4 Å². The molecule has 4 atom stereocenters. The highest BCUT2D eigenvalue weighted by atomic mass is 16.6. The molecule has 5 N–H and O–H groups in total. The van der Waals surface area contributed by atoms with Crippen LogP contribution in [0, 0.1) is 0 Å². The second-order valence-electron chi connectivity index (χ2n) is 6.32. The Hall–Kier alpha value is -2.52. The van der Waals surface area contributed by atoms with Crippen molar-refractivity contribution >= 4 is 11.8 Å². The zero-order chi connectivity index (χ0) is 18.3. The number of nitrogens with two attached hydrogens (primary N) is 1. The van der Waals surface area contributed by atoms with Crippen LogP contribution in [-0.4, -0.2) is 56.4 Å². The quantitative estimate of drug-likeness (QED) is 0.608. The fourth-order valence-electron chi connectivity index (χ4n) is 3.40. The fraction of sp³-hybridized carbons (Fsp3) is 0.333. The zero-order valence-corrected chi connectivity index (χ0v) is 13.9. The number of nitrogen functional groups attached to an aromatic ring is 1. The first kappa shape index (κ1) is 16.9. The Morgan fingerprint density at radius 3 is 2.62 bits per heavy atom. The molecule has 0 radical (unpaired) electrons. The molecule has 4 rings (SSSR count). The molecule has 1 aromatic heterocycles. The topological polar surface area (TPSA) is 125 Å². The highest BCUT2D eigenvalue weighted by molar-refractivity contribution is 5.72. The minimum atomic E-state index is -1.20. The van der Waals surface area contributed by atoms with Gasteiger partial charge in [0.15, 0.2) is 6.23 Å². The summed E-state index contributed by atoms with van der Waals surface area (Å²) >= 11 is 0. The SMILES string of the molecule is Nc1nc(-c2ccccc2)c2c(n1)N(C1O[C@H](CO)[C@@H](O)[C@H]1O)C=CC2. The summed E-state index contributed by atoms with van der Waals surface area (Å²) in [5.41, 5.74) is 8.41. The van der Waals surface area contributed by atoms with Gasteiger partial charge in [-0.1, -0.05) is 36.4 Å². The zero-order valence-electron chi connectivity index (χ0n) is 13.9. The number of benzene rings is 1. The number of hydrogen-bond acceptors (Lipinski definition) is 8. The third kappa shape index (κ3) is 2.73. The smallest absolute Gasteiger partial charge is 0.222 e. The maximum absolute atomic E-state index is 10.4. The van der Waals surface area contributed by atoms with Crippen LogP contribution >= 0.6 is 0 Å². The van der Waals surface area contributed by atoms with Gasteiger partial charge >= 0.3 is 0 Å². The largest absolute Gasteiger partial charge is 0.394 e. The Balaban J connectivity index is 1.78. The van der Waals surface area contributed by atoms with Crippen molar-refractivity contribution in [3.05, 3.63) is 48.2 Å². The maximum Gasteiger partial charge on any atom is 0.222 e. The van der Waals surface area contributed by atoms with Crippen molar-refractivity contribution in [3.63, 3.8) is 0 Å². The molecule has 2 aliphatic heterocycles. The normalized spacial score (nSPS) is 27.6. The van der Waals surface area contributed by atoms with E-state index in [1.54, 1.807) is 11.1 Å². The van der Waals surface area contributed by atoms with E-state index >= 15 is 0 Å². The van der Waals surface area contributed by atoms with E-state index in [4.69, 9.17) is 10.5 Å². The molecule has 0 aliphatic carbocycles. The lowest BCUT2D eigenvalue weighted by Gasteiger charge is -2.32. The summed E-state index contributed by atoms with van der Waals surface area (Å²) in [6.45, 7) is -0.389. The standard InChI is InChI=1S/C18H20N4O4/c19-18-20-13(10-5-2-1-3-6-10)11-7-4-8-22(16(11)21-18)17-15(25)14(24)12(9-23)26-17/h1-6,8,12,14-15,17,23-25H,7,9H2,(H2,19,20,21)/t12-,14-,15-,17?/m1/s1. The van der Waals surface area contributed by atoms with E-state index < -0.39 is 24.5 Å². The molecular weight excluding hydrogens is 336 g/mol. The number of ether oxygens (including phenoxy) is 1. The predicted octanol–water partition coefficient (Wildman–Crippen LogP) is 0.0410. The Morgan fingerprint density at radius 1 is 1.15 bits per heavy atom. The molecule has 26 heavy (non-hydrogen) atoms. The summed E-state index contributed by atoms with van der Waals surface area (Å²) in [7, 11) is 0. The third-order valence-corrected chi connectivity index (χ3v) is 4.67. The van der Waals surface area contributed by atoms with Crippen molar-refractivity contribution in [2.24, 2.45) is 0 Å². The Bertz CT molecular complexity index is 829.